The van der Waals surface area contributed by atoms with E-state index in [1.165, 1.54) is 79.1 Å². The van der Waals surface area contributed by atoms with Crippen molar-refractivity contribution in [2.75, 3.05) is 42.7 Å². The molecule has 19 rings (SSSR count). The monoisotopic (exact) mass is 1780 g/mol. The minimum absolute atomic E-state index is 0.0158. The van der Waals surface area contributed by atoms with Crippen LogP contribution in [0.4, 0.5) is 0 Å². The van der Waals surface area contributed by atoms with Gasteiger partial charge in [-0.1, -0.05) is 255 Å². The normalized spacial score (nSPS) is 12.9. The first-order valence-corrected chi connectivity index (χ1v) is 44.1. The molecule has 6 N–H and O–H groups in total. The fraction of sp³-hybridized carbons (Fsp3) is 0.128. The zero-order valence-corrected chi connectivity index (χ0v) is 74.5. The Morgan fingerprint density at radius 2 is 0.363 bits per heavy atom. The number of methoxy groups -OCH3 is 6. The number of carbonyl (C=O) groups excluding carboxylic acids is 6. The molecule has 18 nitrogen and oxygen atoms in total. The highest BCUT2D eigenvalue weighted by Crippen LogP contribution is 2.71. The molecule has 0 amide bonds. The number of carbonyl (C=O) groups is 6. The third-order valence-electron chi connectivity index (χ3n) is 27.1. The third-order valence-corrected chi connectivity index (χ3v) is 27.1. The summed E-state index contributed by atoms with van der Waals surface area (Å²) in [5, 5.41) is 67.8. The maximum Gasteiger partial charge on any atom is 0.341 e. The number of ether oxygens (including phenoxy) is 6. The molecule has 0 radical (unpaired) electrons. The minimum Gasteiger partial charge on any atom is -0.507 e. The van der Waals surface area contributed by atoms with E-state index in [2.05, 4.69) is 146 Å². The number of esters is 6. The zero-order chi connectivity index (χ0) is 93.9. The fourth-order valence-corrected chi connectivity index (χ4v) is 21.2. The van der Waals surface area contributed by atoms with E-state index in [1.54, 1.807) is 72.8 Å². The van der Waals surface area contributed by atoms with Crippen LogP contribution in [-0.4, -0.2) is 109 Å². The molecule has 0 aliphatic heterocycles. The Morgan fingerprint density at radius 3 is 0.533 bits per heavy atom. The summed E-state index contributed by atoms with van der Waals surface area (Å²) in [5.41, 5.74) is 21.9. The molecular weight excluding hydrogens is 1690 g/mol. The van der Waals surface area contributed by atoms with Crippen molar-refractivity contribution < 1.29 is 87.8 Å². The van der Waals surface area contributed by atoms with Gasteiger partial charge in [-0.3, -0.25) is 0 Å². The van der Waals surface area contributed by atoms with Crippen molar-refractivity contribution in [1.29, 1.82) is 0 Å². The molecule has 0 spiro atoms. The molecule has 0 aromatic heterocycles. The second-order valence-corrected chi connectivity index (χ2v) is 34.7. The molecule has 3 aliphatic carbocycles. The van der Waals surface area contributed by atoms with Gasteiger partial charge in [0.2, 0.25) is 0 Å². The van der Waals surface area contributed by atoms with Gasteiger partial charge in [0.15, 0.2) is 0 Å². The Bertz CT molecular complexity index is 6520. The van der Waals surface area contributed by atoms with E-state index in [9.17, 15) is 59.4 Å². The topological polar surface area (TPSA) is 279 Å². The van der Waals surface area contributed by atoms with Crippen LogP contribution in [0.25, 0.3) is 100 Å². The Hall–Kier alpha value is -16.9. The van der Waals surface area contributed by atoms with E-state index in [0.717, 1.165) is 134 Å². The Labute approximate surface area is 778 Å². The van der Waals surface area contributed by atoms with Crippen LogP contribution in [0.3, 0.4) is 0 Å². The molecule has 16 aromatic carbocycles. The summed E-state index contributed by atoms with van der Waals surface area (Å²) in [6.07, 6.45) is 1.82. The van der Waals surface area contributed by atoms with Crippen LogP contribution in [0.5, 0.6) is 34.5 Å². The first-order valence-electron chi connectivity index (χ1n) is 44.1. The second kappa shape index (κ2) is 35.4. The van der Waals surface area contributed by atoms with E-state index < -0.39 is 52.1 Å². The van der Waals surface area contributed by atoms with Crippen molar-refractivity contribution in [2.45, 2.75) is 54.8 Å². The lowest BCUT2D eigenvalue weighted by molar-refractivity contribution is 0.0588. The molecule has 0 heterocycles. The van der Waals surface area contributed by atoms with Gasteiger partial charge in [-0.25, -0.2) is 28.8 Å². The van der Waals surface area contributed by atoms with Gasteiger partial charge < -0.3 is 59.1 Å². The molecule has 666 valence electrons. The fourth-order valence-electron chi connectivity index (χ4n) is 21.2. The van der Waals surface area contributed by atoms with Crippen LogP contribution < -0.4 is 0 Å². The number of phenolic OH excluding ortho intramolecular Hbond substituents is 6. The van der Waals surface area contributed by atoms with Gasteiger partial charge >= 0.3 is 35.8 Å². The van der Waals surface area contributed by atoms with Gasteiger partial charge in [0.1, 0.15) is 67.9 Å². The number of fused-ring (bicyclic) bond motifs is 12. The third kappa shape index (κ3) is 15.5. The molecule has 0 unspecified atom stereocenters. The van der Waals surface area contributed by atoms with Gasteiger partial charge in [-0.15, -0.1) is 0 Å². The molecule has 0 fully saturated rings. The van der Waals surface area contributed by atoms with Gasteiger partial charge in [0, 0.05) is 16.2 Å². The summed E-state index contributed by atoms with van der Waals surface area (Å²) in [7, 11) is 7.63. The lowest BCUT2D eigenvalue weighted by atomic mass is 9.62. The van der Waals surface area contributed by atoms with Gasteiger partial charge in [0.25, 0.3) is 0 Å². The first-order chi connectivity index (χ1) is 65.5. The summed E-state index contributed by atoms with van der Waals surface area (Å²) in [4.78, 5) is 81.5. The highest BCUT2D eigenvalue weighted by Gasteiger charge is 2.59. The number of aromatic hydroxyl groups is 6. The number of hydrogen-bond acceptors (Lipinski definition) is 18. The Morgan fingerprint density at radius 1 is 0.200 bits per heavy atom. The molecule has 0 bridgehead atoms. The van der Waals surface area contributed by atoms with Gasteiger partial charge in [-0.2, -0.15) is 0 Å². The van der Waals surface area contributed by atoms with Crippen LogP contribution >= 0.6 is 0 Å². The van der Waals surface area contributed by atoms with E-state index in [4.69, 9.17) is 28.4 Å². The highest BCUT2D eigenvalue weighted by atomic mass is 16.5. The van der Waals surface area contributed by atoms with Crippen LogP contribution in [0, 0.1) is 0 Å². The van der Waals surface area contributed by atoms with Crippen molar-refractivity contribution in [3.63, 3.8) is 0 Å². The van der Waals surface area contributed by atoms with Crippen molar-refractivity contribution in [3.05, 3.63) is 428 Å². The second-order valence-electron chi connectivity index (χ2n) is 34.7. The van der Waals surface area contributed by atoms with E-state index in [0.29, 0.717) is 71.9 Å². The molecule has 3 aliphatic rings. The highest BCUT2D eigenvalue weighted by molar-refractivity contribution is 6.07. The zero-order valence-electron chi connectivity index (χ0n) is 74.5. The molecule has 0 saturated carbocycles. The summed E-state index contributed by atoms with van der Waals surface area (Å²) in [6.45, 7) is 0. The van der Waals surface area contributed by atoms with E-state index in [1.807, 2.05) is 72.8 Å². The van der Waals surface area contributed by atoms with Crippen molar-refractivity contribution >= 4 is 35.8 Å². The van der Waals surface area contributed by atoms with Gasteiger partial charge in [0.05, 0.1) is 42.7 Å². The lowest BCUT2D eigenvalue weighted by Crippen LogP contribution is -2.36. The summed E-state index contributed by atoms with van der Waals surface area (Å²) in [6, 6.07) is 105. The molecular formula is C117H90O18. The molecule has 0 saturated heterocycles. The van der Waals surface area contributed by atoms with Crippen LogP contribution in [0.2, 0.25) is 0 Å². The molecule has 18 heteroatoms. The molecule has 0 atom stereocenters. The smallest absolute Gasteiger partial charge is 0.341 e. The average Bonchev–Trinajstić information content (AvgIpc) is 1.48. The van der Waals surface area contributed by atoms with Gasteiger partial charge in [-0.05, 0) is 278 Å². The number of hydrogen-bond donors (Lipinski definition) is 6. The van der Waals surface area contributed by atoms with Crippen molar-refractivity contribution in [3.8, 4) is 135 Å². The first kappa shape index (κ1) is 87.5. The number of benzene rings is 16. The maximum atomic E-state index is 13.6. The Kier molecular flexibility index (Phi) is 23.0. The largest absolute Gasteiger partial charge is 0.507 e. The molecule has 16 aromatic rings. The summed E-state index contributed by atoms with van der Waals surface area (Å²) in [5.74, 6) is -5.77. The number of rotatable bonds is 24. The van der Waals surface area contributed by atoms with Crippen LogP contribution in [0.1, 0.15) is 129 Å². The predicted molar refractivity (Wildman–Crippen MR) is 517 cm³/mol. The quantitative estimate of drug-likeness (QED) is 0.0242. The summed E-state index contributed by atoms with van der Waals surface area (Å²) < 4.78 is 31.5. The lowest BCUT2D eigenvalue weighted by Gasteiger charge is -2.40. The average molecular weight is 1780 g/mol. The standard InChI is InChI=1S/C117H90O18/c1-130-109(124)88-55-79(37-43-97(88)118)73-25-13-19-67(49-73)61-115(62-68-20-14-26-74(50-68)80-38-44-98(119)89(56-80)110(125)131-2)94-34-10-7-31-85(94)103-106(115)104-86-32-8-11-35-95(86)116(63-69-21-15-27-75(51-69)81-39-45-99(120)90(57-81)111(126)132-3,64-70-22-16-28-76(52-70)82-40-46-100(121)91(58-82)112(127)133-4)108(104)105-87-33-9-12-36-96(87)117(107(103)105,65-71-23-17-29-77(53-71)83-41-47-101(122)92(59-83)113(128)134-5)66-72-24-18-30-78(54-72)84-42-48-102(123)93(60-84)114(129)135-6/h7-60,118-123H,61-66H2,1-6H3. The predicted octanol–water partition coefficient (Wildman–Crippen LogP) is 22.9. The SMILES string of the molecule is COC(=O)c1cc(-c2cccc(CC3(Cc4cccc(-c5ccc(O)c(C(=O)OC)c5)c4)c4ccccc4-c4c3c3c(c5c4C(Cc4cccc(-c6ccc(O)c(C(=O)OC)c6)c4)(Cc4cccc(-c6ccc(O)c(C(=O)OC)c6)c4)c4ccccc4-5)C(Cc4cccc(-c5ccc(O)c(C(=O)OC)c5)c4)(Cc4cccc(-c5ccc(O)c(C(=O)OC)c5)c4)c4ccccc4-3)c2)ccc1O. The van der Waals surface area contributed by atoms with Crippen molar-refractivity contribution in [2.24, 2.45) is 0 Å². The van der Waals surface area contributed by atoms with E-state index in [-0.39, 0.29) is 67.9 Å². The maximum absolute atomic E-state index is 13.6. The van der Waals surface area contributed by atoms with E-state index >= 15 is 0 Å². The van der Waals surface area contributed by atoms with Crippen LogP contribution in [0.15, 0.2) is 328 Å². The van der Waals surface area contributed by atoms with Crippen LogP contribution in [-0.2, 0) is 83.2 Å². The Balaban J connectivity index is 0.978. The summed E-state index contributed by atoms with van der Waals surface area (Å²) >= 11 is 0. The molecule has 135 heavy (non-hydrogen) atoms. The van der Waals surface area contributed by atoms with Crippen molar-refractivity contribution in [1.82, 2.24) is 0 Å². The number of phenols is 6. The minimum atomic E-state index is -1.16.